The van der Waals surface area contributed by atoms with Crippen molar-refractivity contribution in [3.8, 4) is 0 Å². The first kappa shape index (κ1) is 14.6. The van der Waals surface area contributed by atoms with Gasteiger partial charge in [0.15, 0.2) is 10.2 Å². The fraction of sp³-hybridized carbons (Fsp3) is 0.308. The Balaban J connectivity index is 1.76. The monoisotopic (exact) mass is 352 g/mol. The van der Waals surface area contributed by atoms with E-state index in [2.05, 4.69) is 19.8 Å². The first-order chi connectivity index (χ1) is 11.1. The number of imidazole rings is 1. The molecule has 10 heteroatoms. The van der Waals surface area contributed by atoms with Gasteiger partial charge >= 0.3 is 0 Å². The fourth-order valence-electron chi connectivity index (χ4n) is 2.83. The molecule has 8 nitrogen and oxygen atoms in total. The van der Waals surface area contributed by atoms with Crippen LogP contribution < -0.4 is 4.72 Å². The third-order valence-corrected chi connectivity index (χ3v) is 5.69. The quantitative estimate of drug-likeness (QED) is 0.768. The fourth-order valence-corrected chi connectivity index (χ4v) is 4.70. The van der Waals surface area contributed by atoms with Gasteiger partial charge in [-0.25, -0.2) is 23.1 Å². The van der Waals surface area contributed by atoms with Crippen molar-refractivity contribution < 1.29 is 8.42 Å². The Morgan fingerprint density at radius 2 is 2.22 bits per heavy atom. The molecule has 0 fully saturated rings. The van der Waals surface area contributed by atoms with Crippen LogP contribution in [0.4, 0.5) is 0 Å². The second kappa shape index (κ2) is 5.29. The Labute approximate surface area is 137 Å². The van der Waals surface area contributed by atoms with Crippen molar-refractivity contribution in [2.24, 2.45) is 0 Å². The van der Waals surface area contributed by atoms with E-state index in [0.29, 0.717) is 17.9 Å². The van der Waals surface area contributed by atoms with E-state index in [4.69, 9.17) is 11.6 Å². The lowest BCUT2D eigenvalue weighted by molar-refractivity contribution is 0.399. The Morgan fingerprint density at radius 1 is 1.35 bits per heavy atom. The normalized spacial score (nSPS) is 18.2. The van der Waals surface area contributed by atoms with Gasteiger partial charge in [-0.3, -0.25) is 4.40 Å². The number of fused-ring (bicyclic) bond motifs is 2. The average molecular weight is 353 g/mol. The Morgan fingerprint density at radius 3 is 3.09 bits per heavy atom. The van der Waals surface area contributed by atoms with Gasteiger partial charge in [-0.05, 0) is 25.0 Å². The van der Waals surface area contributed by atoms with Crippen LogP contribution in [-0.2, 0) is 16.6 Å². The van der Waals surface area contributed by atoms with Crippen molar-refractivity contribution in [1.29, 1.82) is 0 Å². The lowest BCUT2D eigenvalue weighted by Crippen LogP contribution is -2.34. The molecule has 1 aliphatic heterocycles. The predicted molar refractivity (Wildman–Crippen MR) is 82.5 cm³/mol. The Bertz CT molecular complexity index is 979. The van der Waals surface area contributed by atoms with Crippen molar-refractivity contribution >= 4 is 27.3 Å². The second-order valence-corrected chi connectivity index (χ2v) is 7.28. The number of nitrogens with one attached hydrogen (secondary N) is 1. The lowest BCUT2D eigenvalue weighted by atomic mass is 10.1. The predicted octanol–water partition coefficient (Wildman–Crippen LogP) is 1.39. The molecular weight excluding hydrogens is 340 g/mol. The summed E-state index contributed by atoms with van der Waals surface area (Å²) in [4.78, 5) is 8.24. The van der Waals surface area contributed by atoms with Crippen molar-refractivity contribution in [3.63, 3.8) is 0 Å². The third kappa shape index (κ3) is 2.41. The summed E-state index contributed by atoms with van der Waals surface area (Å²) < 4.78 is 31.5. The van der Waals surface area contributed by atoms with Crippen molar-refractivity contribution in [1.82, 2.24) is 28.9 Å². The molecule has 0 bridgehead atoms. The molecule has 1 N–H and O–H groups in total. The molecule has 0 aromatic carbocycles. The van der Waals surface area contributed by atoms with E-state index in [0.717, 1.165) is 13.0 Å². The zero-order valence-electron chi connectivity index (χ0n) is 11.9. The molecule has 0 aliphatic carbocycles. The highest BCUT2D eigenvalue weighted by Crippen LogP contribution is 2.27. The summed E-state index contributed by atoms with van der Waals surface area (Å²) >= 11 is 6.06. The molecule has 120 valence electrons. The number of halogens is 1. The molecule has 0 saturated heterocycles. The molecule has 3 aromatic rings. The van der Waals surface area contributed by atoms with Crippen LogP contribution in [0.3, 0.4) is 0 Å². The van der Waals surface area contributed by atoms with E-state index in [1.165, 1.54) is 10.7 Å². The standard InChI is InChI=1S/C13H13ClN6O2S/c14-11-13(19-6-2-1-5-10(19)17-11)23(21,22)18-9-4-3-7-20-12(9)15-8-16-20/h1-2,5-6,8-9,18H,3-4,7H2/t9-/m1/s1. The molecule has 0 amide bonds. The number of aromatic nitrogens is 5. The summed E-state index contributed by atoms with van der Waals surface area (Å²) in [5, 5.41) is 3.98. The van der Waals surface area contributed by atoms with Crippen molar-refractivity contribution in [2.45, 2.75) is 30.5 Å². The zero-order chi connectivity index (χ0) is 16.0. The van der Waals surface area contributed by atoms with Gasteiger partial charge in [-0.1, -0.05) is 17.7 Å². The number of hydrogen-bond acceptors (Lipinski definition) is 5. The highest BCUT2D eigenvalue weighted by molar-refractivity contribution is 7.89. The topological polar surface area (TPSA) is 94.2 Å². The first-order valence-corrected chi connectivity index (χ1v) is 8.95. The van der Waals surface area contributed by atoms with Crippen molar-refractivity contribution in [2.75, 3.05) is 0 Å². The number of pyridine rings is 1. The van der Waals surface area contributed by atoms with Crippen LogP contribution in [0.15, 0.2) is 35.7 Å². The molecule has 23 heavy (non-hydrogen) atoms. The molecule has 0 unspecified atom stereocenters. The first-order valence-electron chi connectivity index (χ1n) is 7.09. The van der Waals surface area contributed by atoms with Gasteiger partial charge in [0.05, 0.1) is 6.04 Å². The molecule has 0 radical (unpaired) electrons. The second-order valence-electron chi connectivity index (χ2n) is 5.29. The van der Waals surface area contributed by atoms with Crippen LogP contribution in [0.25, 0.3) is 5.65 Å². The van der Waals surface area contributed by atoms with E-state index < -0.39 is 16.1 Å². The molecule has 0 spiro atoms. The van der Waals surface area contributed by atoms with E-state index in [9.17, 15) is 8.42 Å². The molecular formula is C13H13ClN6O2S. The number of hydrogen-bond donors (Lipinski definition) is 1. The number of nitrogens with zero attached hydrogens (tertiary/aromatic N) is 5. The van der Waals surface area contributed by atoms with E-state index >= 15 is 0 Å². The van der Waals surface area contributed by atoms with Crippen LogP contribution in [0.2, 0.25) is 5.15 Å². The molecule has 1 aliphatic rings. The van der Waals surface area contributed by atoms with Gasteiger partial charge in [0.2, 0.25) is 0 Å². The molecule has 4 rings (SSSR count). The van der Waals surface area contributed by atoms with Gasteiger partial charge in [0.1, 0.15) is 17.8 Å². The SMILES string of the molecule is O=S(=O)(N[C@@H]1CCCn2ncnc21)c1c(Cl)nc2ccccn12. The summed E-state index contributed by atoms with van der Waals surface area (Å²) in [5.41, 5.74) is 0.477. The highest BCUT2D eigenvalue weighted by atomic mass is 35.5. The van der Waals surface area contributed by atoms with Crippen LogP contribution in [0.1, 0.15) is 24.7 Å². The Kier molecular flexibility index (Phi) is 3.36. The summed E-state index contributed by atoms with van der Waals surface area (Å²) in [6.07, 6.45) is 4.53. The minimum absolute atomic E-state index is 0.0547. The highest BCUT2D eigenvalue weighted by Gasteiger charge is 2.31. The Hall–Kier alpha value is -1.97. The van der Waals surface area contributed by atoms with Gasteiger partial charge in [0, 0.05) is 12.7 Å². The van der Waals surface area contributed by atoms with Gasteiger partial charge < -0.3 is 0 Å². The maximum atomic E-state index is 12.8. The van der Waals surface area contributed by atoms with E-state index in [1.54, 1.807) is 29.1 Å². The minimum Gasteiger partial charge on any atom is -0.288 e. The maximum Gasteiger partial charge on any atom is 0.260 e. The van der Waals surface area contributed by atoms with Gasteiger partial charge in [-0.2, -0.15) is 9.82 Å². The maximum absolute atomic E-state index is 12.8. The van der Waals surface area contributed by atoms with Crippen LogP contribution in [0.5, 0.6) is 0 Å². The van der Waals surface area contributed by atoms with Crippen LogP contribution >= 0.6 is 11.6 Å². The van der Waals surface area contributed by atoms with Gasteiger partial charge in [-0.15, -0.1) is 0 Å². The van der Waals surface area contributed by atoms with Crippen molar-refractivity contribution in [3.05, 3.63) is 41.7 Å². The number of sulfonamides is 1. The molecule has 3 aromatic heterocycles. The summed E-state index contributed by atoms with van der Waals surface area (Å²) in [5.74, 6) is 0.616. The summed E-state index contributed by atoms with van der Waals surface area (Å²) in [6.45, 7) is 0.740. The molecule has 4 heterocycles. The van der Waals surface area contributed by atoms with Gasteiger partial charge in [0.25, 0.3) is 10.0 Å². The smallest absolute Gasteiger partial charge is 0.260 e. The number of rotatable bonds is 3. The van der Waals surface area contributed by atoms with Crippen LogP contribution in [0, 0.1) is 0 Å². The zero-order valence-corrected chi connectivity index (χ0v) is 13.5. The largest absolute Gasteiger partial charge is 0.288 e. The minimum atomic E-state index is -3.86. The summed E-state index contributed by atoms with van der Waals surface area (Å²) in [6, 6.07) is 4.76. The lowest BCUT2D eigenvalue weighted by Gasteiger charge is -2.22. The van der Waals surface area contributed by atoms with E-state index in [1.807, 2.05) is 0 Å². The summed E-state index contributed by atoms with van der Waals surface area (Å²) in [7, 11) is -3.86. The van der Waals surface area contributed by atoms with Crippen LogP contribution in [-0.4, -0.2) is 32.6 Å². The number of aryl methyl sites for hydroxylation is 1. The third-order valence-electron chi connectivity index (χ3n) is 3.82. The van der Waals surface area contributed by atoms with E-state index in [-0.39, 0.29) is 10.2 Å². The average Bonchev–Trinajstić information content (AvgIpc) is 3.10. The molecule has 1 atom stereocenters. The molecule has 0 saturated carbocycles.